The summed E-state index contributed by atoms with van der Waals surface area (Å²) in [5.41, 5.74) is 4.55. The van der Waals surface area contributed by atoms with Gasteiger partial charge in [0.15, 0.2) is 9.84 Å². The molecule has 10 heteroatoms. The molecule has 3 N–H and O–H groups in total. The molecule has 1 aromatic heterocycles. The van der Waals surface area contributed by atoms with Gasteiger partial charge in [-0.05, 0) is 29.8 Å². The highest BCUT2D eigenvalue weighted by atomic mass is 32.2. The largest absolute Gasteiger partial charge is 0.417 e. The maximum absolute atomic E-state index is 13.5. The van der Waals surface area contributed by atoms with E-state index in [4.69, 9.17) is 5.73 Å². The minimum absolute atomic E-state index is 0.0588. The van der Waals surface area contributed by atoms with Crippen molar-refractivity contribution < 1.29 is 21.6 Å². The molecule has 0 bridgehead atoms. The molecule has 0 aliphatic heterocycles. The molecule has 6 nitrogen and oxygen atoms in total. The van der Waals surface area contributed by atoms with Crippen LogP contribution in [0.15, 0.2) is 41.3 Å². The highest BCUT2D eigenvalue weighted by molar-refractivity contribution is 7.90. The fourth-order valence-corrected chi connectivity index (χ4v) is 3.79. The van der Waals surface area contributed by atoms with Crippen molar-refractivity contribution >= 4 is 32.5 Å². The number of nitrogen functional groups attached to an aromatic ring is 1. The van der Waals surface area contributed by atoms with Gasteiger partial charge in [-0.3, -0.25) is 0 Å². The number of hydrogen-bond acceptors (Lipinski definition) is 6. The number of fused-ring (bicyclic) bond motifs is 1. The second kappa shape index (κ2) is 6.38. The summed E-state index contributed by atoms with van der Waals surface area (Å²) in [6.07, 6.45) is -3.86. The molecule has 0 unspecified atom stereocenters. The third-order valence-electron chi connectivity index (χ3n) is 3.97. The van der Waals surface area contributed by atoms with E-state index in [0.717, 1.165) is 24.5 Å². The number of alkyl halides is 3. The van der Waals surface area contributed by atoms with Crippen LogP contribution in [0.5, 0.6) is 0 Å². The average Bonchev–Trinajstić information content (AvgIpc) is 2.58. The van der Waals surface area contributed by atoms with Gasteiger partial charge in [-0.15, -0.1) is 0 Å². The summed E-state index contributed by atoms with van der Waals surface area (Å²) in [4.78, 5) is 7.66. The molecular weight excluding hydrogens is 381 g/mol. The first-order valence-corrected chi connectivity index (χ1v) is 9.57. The van der Waals surface area contributed by atoms with E-state index in [1.807, 2.05) is 0 Å². The van der Waals surface area contributed by atoms with E-state index >= 15 is 0 Å². The molecule has 3 rings (SSSR count). The first-order chi connectivity index (χ1) is 12.5. The minimum atomic E-state index is -4.73. The molecule has 27 heavy (non-hydrogen) atoms. The molecule has 1 heterocycles. The number of aromatic nitrogens is 2. The molecule has 0 amide bonds. The molecule has 2 aromatic carbocycles. The van der Waals surface area contributed by atoms with Crippen LogP contribution in [0.3, 0.4) is 0 Å². The number of sulfone groups is 1. The molecule has 0 aliphatic rings. The number of nitrogens with zero attached hydrogens (tertiary/aromatic N) is 2. The lowest BCUT2D eigenvalue weighted by Crippen LogP contribution is -2.11. The summed E-state index contributed by atoms with van der Waals surface area (Å²) in [6, 6.07) is 7.37. The zero-order valence-electron chi connectivity index (χ0n) is 14.3. The van der Waals surface area contributed by atoms with Gasteiger partial charge < -0.3 is 11.1 Å². The van der Waals surface area contributed by atoms with Gasteiger partial charge in [0, 0.05) is 24.3 Å². The van der Waals surface area contributed by atoms with Crippen LogP contribution in [-0.4, -0.2) is 31.7 Å². The van der Waals surface area contributed by atoms with Crippen LogP contribution in [0.4, 0.5) is 24.9 Å². The van der Waals surface area contributed by atoms with E-state index in [1.54, 1.807) is 7.05 Å². The first-order valence-electron chi connectivity index (χ1n) is 7.68. The summed E-state index contributed by atoms with van der Waals surface area (Å²) in [5, 5.41) is 3.38. The average molecular weight is 396 g/mol. The number of nitrogens with one attached hydrogen (secondary N) is 1. The standard InChI is InChI=1S/C17H15F3N4O2S/c1-22-15-10-7-6-9(8-12(10)23-16(21)24-15)14-11(17(18,19)20)4-3-5-13(14)27(2,25)26/h3-8H,1-2H3,(H3,21,22,23,24). The normalized spacial score (nSPS) is 12.3. The van der Waals surface area contributed by atoms with E-state index in [2.05, 4.69) is 15.3 Å². The predicted octanol–water partition coefficient (Wildman–Crippen LogP) is 3.34. The van der Waals surface area contributed by atoms with Crippen molar-refractivity contribution in [2.75, 3.05) is 24.4 Å². The van der Waals surface area contributed by atoms with Crippen molar-refractivity contribution in [1.29, 1.82) is 0 Å². The fourth-order valence-electron chi connectivity index (χ4n) is 2.87. The van der Waals surface area contributed by atoms with Crippen LogP contribution in [0.1, 0.15) is 5.56 Å². The third kappa shape index (κ3) is 3.52. The van der Waals surface area contributed by atoms with Gasteiger partial charge in [0.25, 0.3) is 0 Å². The Morgan fingerprint density at radius 2 is 1.81 bits per heavy atom. The van der Waals surface area contributed by atoms with E-state index in [9.17, 15) is 21.6 Å². The Balaban J connectivity index is 2.40. The number of benzene rings is 2. The zero-order valence-corrected chi connectivity index (χ0v) is 15.1. The van der Waals surface area contributed by atoms with Gasteiger partial charge in [-0.2, -0.15) is 18.2 Å². The third-order valence-corrected chi connectivity index (χ3v) is 5.11. The van der Waals surface area contributed by atoms with Gasteiger partial charge in [0.2, 0.25) is 5.95 Å². The Morgan fingerprint density at radius 1 is 1.11 bits per heavy atom. The number of rotatable bonds is 3. The molecule has 3 aromatic rings. The Morgan fingerprint density at radius 3 is 2.41 bits per heavy atom. The second-order valence-electron chi connectivity index (χ2n) is 5.86. The Hall–Kier alpha value is -2.88. The molecule has 0 fully saturated rings. The van der Waals surface area contributed by atoms with Crippen LogP contribution < -0.4 is 11.1 Å². The minimum Gasteiger partial charge on any atom is -0.372 e. The Labute approximate surface area is 153 Å². The van der Waals surface area contributed by atoms with Crippen molar-refractivity contribution in [3.8, 4) is 11.1 Å². The van der Waals surface area contributed by atoms with Crippen molar-refractivity contribution in [2.24, 2.45) is 0 Å². The Bertz CT molecular complexity index is 1140. The van der Waals surface area contributed by atoms with Crippen molar-refractivity contribution in [3.05, 3.63) is 42.0 Å². The van der Waals surface area contributed by atoms with E-state index in [-0.39, 0.29) is 11.5 Å². The van der Waals surface area contributed by atoms with E-state index < -0.39 is 32.0 Å². The smallest absolute Gasteiger partial charge is 0.372 e. The SMILES string of the molecule is CNc1nc(N)nc2cc(-c3c(C(F)(F)F)cccc3S(C)(=O)=O)ccc12. The van der Waals surface area contributed by atoms with Gasteiger partial charge >= 0.3 is 6.18 Å². The lowest BCUT2D eigenvalue weighted by Gasteiger charge is -2.17. The van der Waals surface area contributed by atoms with Crippen LogP contribution in [-0.2, 0) is 16.0 Å². The van der Waals surface area contributed by atoms with Crippen molar-refractivity contribution in [3.63, 3.8) is 0 Å². The van der Waals surface area contributed by atoms with Crippen LogP contribution in [0.25, 0.3) is 22.0 Å². The second-order valence-corrected chi connectivity index (χ2v) is 7.85. The summed E-state index contributed by atoms with van der Waals surface area (Å²) in [6.45, 7) is 0. The number of hydrogen-bond donors (Lipinski definition) is 2. The Kier molecular flexibility index (Phi) is 4.46. The first kappa shape index (κ1) is 18.9. The van der Waals surface area contributed by atoms with Gasteiger partial charge in [0.1, 0.15) is 5.82 Å². The fraction of sp³-hybridized carbons (Fsp3) is 0.176. The van der Waals surface area contributed by atoms with Crippen molar-refractivity contribution in [1.82, 2.24) is 9.97 Å². The van der Waals surface area contributed by atoms with Gasteiger partial charge in [-0.25, -0.2) is 13.4 Å². The number of anilines is 2. The maximum Gasteiger partial charge on any atom is 0.417 e. The maximum atomic E-state index is 13.5. The van der Waals surface area contributed by atoms with E-state index in [0.29, 0.717) is 16.7 Å². The lowest BCUT2D eigenvalue weighted by molar-refractivity contribution is -0.137. The van der Waals surface area contributed by atoms with Crippen LogP contribution in [0, 0.1) is 0 Å². The molecule has 0 aliphatic carbocycles. The lowest BCUT2D eigenvalue weighted by atomic mass is 9.98. The van der Waals surface area contributed by atoms with E-state index in [1.165, 1.54) is 18.2 Å². The van der Waals surface area contributed by atoms with Crippen LogP contribution in [0.2, 0.25) is 0 Å². The predicted molar refractivity (Wildman–Crippen MR) is 97.0 cm³/mol. The molecule has 0 spiro atoms. The molecule has 0 atom stereocenters. The van der Waals surface area contributed by atoms with Crippen molar-refractivity contribution in [2.45, 2.75) is 11.1 Å². The molecule has 0 saturated heterocycles. The van der Waals surface area contributed by atoms with Gasteiger partial charge in [0.05, 0.1) is 16.0 Å². The summed E-state index contributed by atoms with van der Waals surface area (Å²) in [5.74, 6) is 0.355. The highest BCUT2D eigenvalue weighted by Gasteiger charge is 2.36. The topological polar surface area (TPSA) is 98.0 Å². The number of nitrogens with two attached hydrogens (primary N) is 1. The zero-order chi connectivity index (χ0) is 20.0. The molecule has 142 valence electrons. The monoisotopic (exact) mass is 396 g/mol. The highest BCUT2D eigenvalue weighted by Crippen LogP contribution is 2.41. The van der Waals surface area contributed by atoms with Crippen LogP contribution >= 0.6 is 0 Å². The molecule has 0 saturated carbocycles. The summed E-state index contributed by atoms with van der Waals surface area (Å²) >= 11 is 0. The molecule has 0 radical (unpaired) electrons. The summed E-state index contributed by atoms with van der Waals surface area (Å²) in [7, 11) is -2.29. The van der Waals surface area contributed by atoms with Gasteiger partial charge in [-0.1, -0.05) is 12.1 Å². The quantitative estimate of drug-likeness (QED) is 0.705. The summed E-state index contributed by atoms with van der Waals surface area (Å²) < 4.78 is 64.8. The number of halogens is 3. The molecular formula is C17H15F3N4O2S.